The zero-order chi connectivity index (χ0) is 11.2. The molecule has 0 aromatic carbocycles. The standard InChI is InChI=1S/C7H13ClNO4P/c1-3-7(10)9-5-14(11,12)13-4-6(2)8/h3,6H,1,4-5H2,2H3,(H,9,10)(H,11,12). The molecule has 2 unspecified atom stereocenters. The fourth-order valence-corrected chi connectivity index (χ4v) is 1.57. The summed E-state index contributed by atoms with van der Waals surface area (Å²) >= 11 is 5.51. The molecule has 82 valence electrons. The Morgan fingerprint density at radius 1 is 1.86 bits per heavy atom. The minimum Gasteiger partial charge on any atom is -0.341 e. The van der Waals surface area contributed by atoms with Crippen LogP contribution in [0.4, 0.5) is 0 Å². The van der Waals surface area contributed by atoms with Crippen LogP contribution in [-0.2, 0) is 13.9 Å². The minimum atomic E-state index is -3.78. The molecular weight excluding hydrogens is 229 g/mol. The van der Waals surface area contributed by atoms with Crippen LogP contribution in [0.1, 0.15) is 6.92 Å². The van der Waals surface area contributed by atoms with Gasteiger partial charge in [0.2, 0.25) is 5.91 Å². The summed E-state index contributed by atoms with van der Waals surface area (Å²) in [6, 6.07) is 0. The highest BCUT2D eigenvalue weighted by molar-refractivity contribution is 7.52. The molecule has 0 saturated carbocycles. The van der Waals surface area contributed by atoms with E-state index in [1.165, 1.54) is 0 Å². The van der Waals surface area contributed by atoms with Crippen LogP contribution in [-0.4, -0.2) is 29.1 Å². The monoisotopic (exact) mass is 241 g/mol. The molecule has 0 aromatic heterocycles. The van der Waals surface area contributed by atoms with E-state index in [1.807, 2.05) is 0 Å². The van der Waals surface area contributed by atoms with Gasteiger partial charge in [-0.3, -0.25) is 9.36 Å². The Morgan fingerprint density at radius 2 is 2.43 bits per heavy atom. The summed E-state index contributed by atoms with van der Waals surface area (Å²) in [4.78, 5) is 19.8. The van der Waals surface area contributed by atoms with Crippen LogP contribution in [0.25, 0.3) is 0 Å². The highest BCUT2D eigenvalue weighted by Crippen LogP contribution is 2.40. The highest BCUT2D eigenvalue weighted by Gasteiger charge is 2.20. The summed E-state index contributed by atoms with van der Waals surface area (Å²) in [5.41, 5.74) is 0. The third-order valence-corrected chi connectivity index (χ3v) is 2.38. The van der Waals surface area contributed by atoms with Crippen LogP contribution in [0.3, 0.4) is 0 Å². The Labute approximate surface area is 87.6 Å². The van der Waals surface area contributed by atoms with Gasteiger partial charge in [0.15, 0.2) is 0 Å². The lowest BCUT2D eigenvalue weighted by Gasteiger charge is -2.12. The molecule has 0 spiro atoms. The lowest BCUT2D eigenvalue weighted by Crippen LogP contribution is -2.23. The van der Waals surface area contributed by atoms with Crippen molar-refractivity contribution in [1.82, 2.24) is 5.32 Å². The van der Waals surface area contributed by atoms with Crippen LogP contribution < -0.4 is 5.32 Å². The van der Waals surface area contributed by atoms with Gasteiger partial charge in [0.25, 0.3) is 0 Å². The Morgan fingerprint density at radius 3 is 2.86 bits per heavy atom. The number of hydrogen-bond donors (Lipinski definition) is 2. The molecule has 0 aliphatic heterocycles. The lowest BCUT2D eigenvalue weighted by molar-refractivity contribution is -0.116. The topological polar surface area (TPSA) is 75.6 Å². The fourth-order valence-electron chi connectivity index (χ4n) is 0.515. The second kappa shape index (κ2) is 6.19. The Bertz CT molecular complexity index is 256. The first-order valence-electron chi connectivity index (χ1n) is 3.88. The maximum absolute atomic E-state index is 11.2. The second-order valence-corrected chi connectivity index (χ2v) is 5.21. The van der Waals surface area contributed by atoms with Crippen molar-refractivity contribution in [2.75, 3.05) is 12.9 Å². The predicted octanol–water partition coefficient (Wildman–Crippen LogP) is 1.08. The average molecular weight is 242 g/mol. The van der Waals surface area contributed by atoms with E-state index in [0.717, 1.165) is 6.08 Å². The Hall–Kier alpha value is -0.350. The van der Waals surface area contributed by atoms with Crippen molar-refractivity contribution < 1.29 is 18.8 Å². The molecule has 0 saturated heterocycles. The van der Waals surface area contributed by atoms with Crippen molar-refractivity contribution in [2.45, 2.75) is 12.3 Å². The van der Waals surface area contributed by atoms with Crippen molar-refractivity contribution in [3.63, 3.8) is 0 Å². The van der Waals surface area contributed by atoms with E-state index in [1.54, 1.807) is 6.92 Å². The number of carbonyl (C=O) groups excluding carboxylic acids is 1. The zero-order valence-electron chi connectivity index (χ0n) is 7.77. The van der Waals surface area contributed by atoms with Gasteiger partial charge in [0, 0.05) is 0 Å². The van der Waals surface area contributed by atoms with Gasteiger partial charge in [-0.15, -0.1) is 11.6 Å². The summed E-state index contributed by atoms with van der Waals surface area (Å²) < 4.78 is 15.8. The normalized spacial score (nSPS) is 16.8. The zero-order valence-corrected chi connectivity index (χ0v) is 9.42. The first-order chi connectivity index (χ1) is 6.37. The number of halogens is 1. The molecule has 0 fully saturated rings. The molecule has 5 nitrogen and oxygen atoms in total. The first kappa shape index (κ1) is 13.7. The van der Waals surface area contributed by atoms with Gasteiger partial charge in [0.1, 0.15) is 6.29 Å². The number of rotatable bonds is 6. The molecule has 0 aliphatic rings. The van der Waals surface area contributed by atoms with Crippen molar-refractivity contribution >= 4 is 25.1 Å². The summed E-state index contributed by atoms with van der Waals surface area (Å²) in [6.07, 6.45) is 0.561. The van der Waals surface area contributed by atoms with E-state index >= 15 is 0 Å². The van der Waals surface area contributed by atoms with Crippen molar-refractivity contribution in [2.24, 2.45) is 0 Å². The summed E-state index contributed by atoms with van der Waals surface area (Å²) in [5, 5.41) is 1.80. The highest BCUT2D eigenvalue weighted by atomic mass is 35.5. The minimum absolute atomic E-state index is 0.0424. The SMILES string of the molecule is C=CC(=O)NCP(=O)(O)OCC(C)Cl. The van der Waals surface area contributed by atoms with Crippen LogP contribution in [0, 0.1) is 0 Å². The Balaban J connectivity index is 3.89. The van der Waals surface area contributed by atoms with Gasteiger partial charge in [-0.2, -0.15) is 0 Å². The van der Waals surface area contributed by atoms with E-state index in [2.05, 4.69) is 16.4 Å². The van der Waals surface area contributed by atoms with E-state index in [0.29, 0.717) is 0 Å². The van der Waals surface area contributed by atoms with E-state index in [9.17, 15) is 9.36 Å². The molecule has 1 amide bonds. The van der Waals surface area contributed by atoms with Crippen LogP contribution in [0.5, 0.6) is 0 Å². The van der Waals surface area contributed by atoms with Crippen molar-refractivity contribution in [1.29, 1.82) is 0 Å². The van der Waals surface area contributed by atoms with Gasteiger partial charge in [-0.1, -0.05) is 6.58 Å². The predicted molar refractivity (Wildman–Crippen MR) is 54.3 cm³/mol. The number of alkyl halides is 1. The van der Waals surface area contributed by atoms with Crippen LogP contribution >= 0.6 is 19.2 Å². The smallest absolute Gasteiger partial charge is 0.341 e. The van der Waals surface area contributed by atoms with Gasteiger partial charge in [0.05, 0.1) is 12.0 Å². The molecule has 0 heterocycles. The summed E-state index contributed by atoms with van der Waals surface area (Å²) in [7, 11) is -3.78. The van der Waals surface area contributed by atoms with E-state index in [4.69, 9.17) is 16.5 Å². The number of hydrogen-bond acceptors (Lipinski definition) is 3. The maximum atomic E-state index is 11.2. The molecule has 2 N–H and O–H groups in total. The quantitative estimate of drug-likeness (QED) is 0.414. The molecule has 0 bridgehead atoms. The molecule has 7 heteroatoms. The molecule has 0 aromatic rings. The van der Waals surface area contributed by atoms with E-state index in [-0.39, 0.29) is 12.0 Å². The largest absolute Gasteiger partial charge is 0.347 e. The molecule has 0 rings (SSSR count). The van der Waals surface area contributed by atoms with Crippen molar-refractivity contribution in [3.8, 4) is 0 Å². The van der Waals surface area contributed by atoms with Gasteiger partial charge in [-0.05, 0) is 13.0 Å². The molecule has 0 radical (unpaired) electrons. The van der Waals surface area contributed by atoms with Crippen molar-refractivity contribution in [3.05, 3.63) is 12.7 Å². The molecule has 0 aliphatic carbocycles. The lowest BCUT2D eigenvalue weighted by atomic mass is 10.5. The molecule has 2 atom stereocenters. The molecule has 14 heavy (non-hydrogen) atoms. The van der Waals surface area contributed by atoms with Crippen LogP contribution in [0.2, 0.25) is 0 Å². The fraction of sp³-hybridized carbons (Fsp3) is 0.571. The summed E-state index contributed by atoms with van der Waals surface area (Å²) in [6.45, 7) is 4.78. The Kier molecular flexibility index (Phi) is 6.04. The van der Waals surface area contributed by atoms with Crippen LogP contribution in [0.15, 0.2) is 12.7 Å². The third kappa shape index (κ3) is 7.09. The maximum Gasteiger partial charge on any atom is 0.347 e. The third-order valence-electron chi connectivity index (χ3n) is 1.14. The number of amides is 1. The number of nitrogens with one attached hydrogen (secondary N) is 1. The average Bonchev–Trinajstić information content (AvgIpc) is 2.11. The number of carbonyl (C=O) groups is 1. The van der Waals surface area contributed by atoms with Gasteiger partial charge < -0.3 is 14.7 Å². The van der Waals surface area contributed by atoms with Gasteiger partial charge in [-0.25, -0.2) is 0 Å². The van der Waals surface area contributed by atoms with Gasteiger partial charge >= 0.3 is 7.60 Å². The molecular formula is C7H13ClNO4P. The van der Waals surface area contributed by atoms with E-state index < -0.39 is 19.8 Å². The summed E-state index contributed by atoms with van der Waals surface area (Å²) in [5.74, 6) is -0.526. The second-order valence-electron chi connectivity index (χ2n) is 2.62. The first-order valence-corrected chi connectivity index (χ1v) is 6.08.